The third-order valence-electron chi connectivity index (χ3n) is 3.24. The van der Waals surface area contributed by atoms with Crippen molar-refractivity contribution >= 4 is 29.7 Å². The topological polar surface area (TPSA) is 102 Å². The molecule has 1 aromatic carbocycles. The van der Waals surface area contributed by atoms with E-state index in [4.69, 9.17) is 5.73 Å². The Morgan fingerprint density at radius 2 is 2.25 bits per heavy atom. The lowest BCUT2D eigenvalue weighted by atomic mass is 10.1. The first-order chi connectivity index (χ1) is 9.00. The van der Waals surface area contributed by atoms with Gasteiger partial charge in [0.05, 0.1) is 4.92 Å². The molecule has 1 aromatic rings. The second-order valence-corrected chi connectivity index (χ2v) is 4.58. The molecule has 8 heteroatoms. The number of piperazine rings is 1. The average molecular weight is 301 g/mol. The summed E-state index contributed by atoms with van der Waals surface area (Å²) in [4.78, 5) is 24.3. The molecule has 0 radical (unpaired) electrons. The van der Waals surface area contributed by atoms with E-state index in [9.17, 15) is 14.9 Å². The fourth-order valence-electron chi connectivity index (χ4n) is 2.14. The van der Waals surface area contributed by atoms with Crippen LogP contribution in [-0.2, 0) is 0 Å². The predicted octanol–water partition coefficient (Wildman–Crippen LogP) is 1.03. The lowest BCUT2D eigenvalue weighted by Gasteiger charge is -2.34. The number of carbonyl (C=O) groups is 1. The second kappa shape index (κ2) is 6.53. The van der Waals surface area contributed by atoms with Crippen LogP contribution in [0.3, 0.4) is 0 Å². The van der Waals surface area contributed by atoms with Crippen molar-refractivity contribution in [2.45, 2.75) is 13.0 Å². The van der Waals surface area contributed by atoms with Gasteiger partial charge in [-0.2, -0.15) is 0 Å². The van der Waals surface area contributed by atoms with Crippen molar-refractivity contribution in [3.05, 3.63) is 33.9 Å². The normalized spacial score (nSPS) is 18.2. The summed E-state index contributed by atoms with van der Waals surface area (Å²) in [6.45, 7) is 3.99. The number of anilines is 1. The van der Waals surface area contributed by atoms with Crippen molar-refractivity contribution in [2.24, 2.45) is 0 Å². The highest BCUT2D eigenvalue weighted by Gasteiger charge is 2.25. The third kappa shape index (κ3) is 3.17. The Bertz CT molecular complexity index is 523. The number of hydrogen-bond donors (Lipinski definition) is 2. The summed E-state index contributed by atoms with van der Waals surface area (Å²) in [5, 5.41) is 14.0. The number of nitro benzene ring substituents is 1. The molecule has 0 saturated carbocycles. The molecule has 1 heterocycles. The van der Waals surface area contributed by atoms with Gasteiger partial charge in [0.15, 0.2) is 0 Å². The molecule has 1 atom stereocenters. The zero-order chi connectivity index (χ0) is 14.0. The van der Waals surface area contributed by atoms with Crippen molar-refractivity contribution in [3.8, 4) is 0 Å². The first-order valence-corrected chi connectivity index (χ1v) is 6.06. The van der Waals surface area contributed by atoms with Crippen LogP contribution in [0, 0.1) is 10.1 Å². The highest BCUT2D eigenvalue weighted by Crippen LogP contribution is 2.23. The molecular weight excluding hydrogens is 284 g/mol. The molecule has 0 aromatic heterocycles. The Morgan fingerprint density at radius 1 is 1.55 bits per heavy atom. The van der Waals surface area contributed by atoms with Crippen molar-refractivity contribution in [3.63, 3.8) is 0 Å². The number of amides is 1. The van der Waals surface area contributed by atoms with Crippen LogP contribution >= 0.6 is 12.4 Å². The maximum Gasteiger partial charge on any atom is 0.292 e. The van der Waals surface area contributed by atoms with Crippen molar-refractivity contribution < 1.29 is 9.72 Å². The number of halogens is 1. The number of hydrogen-bond acceptors (Lipinski definition) is 5. The van der Waals surface area contributed by atoms with Gasteiger partial charge in [0.2, 0.25) is 0 Å². The Morgan fingerprint density at radius 3 is 2.85 bits per heavy atom. The monoisotopic (exact) mass is 300 g/mol. The van der Waals surface area contributed by atoms with E-state index in [0.29, 0.717) is 12.1 Å². The third-order valence-corrected chi connectivity index (χ3v) is 3.24. The zero-order valence-corrected chi connectivity index (χ0v) is 11.9. The van der Waals surface area contributed by atoms with Gasteiger partial charge < -0.3 is 16.0 Å². The standard InChI is InChI=1S/C12H16N4O3.ClH/c1-8-7-14-4-5-15(8)12(17)9-2-3-10(13)11(6-9)16(18)19;/h2-3,6,8,14H,4-5,7,13H2,1H3;1H/t8-;/m0./s1. The predicted molar refractivity (Wildman–Crippen MR) is 78.1 cm³/mol. The number of nitrogen functional groups attached to an aromatic ring is 1. The molecule has 20 heavy (non-hydrogen) atoms. The van der Waals surface area contributed by atoms with Crippen LogP contribution in [-0.4, -0.2) is 41.4 Å². The summed E-state index contributed by atoms with van der Waals surface area (Å²) >= 11 is 0. The molecule has 3 N–H and O–H groups in total. The highest BCUT2D eigenvalue weighted by atomic mass is 35.5. The Kier molecular flexibility index (Phi) is 5.29. The molecule has 1 aliphatic heterocycles. The van der Waals surface area contributed by atoms with Crippen LogP contribution < -0.4 is 11.1 Å². The lowest BCUT2D eigenvalue weighted by molar-refractivity contribution is -0.383. The zero-order valence-electron chi connectivity index (χ0n) is 11.0. The SMILES string of the molecule is C[C@H]1CNCCN1C(=O)c1ccc(N)c([N+](=O)[O-])c1.Cl. The van der Waals surface area contributed by atoms with E-state index in [-0.39, 0.29) is 35.7 Å². The maximum atomic E-state index is 12.3. The van der Waals surface area contributed by atoms with Gasteiger partial charge in [-0.1, -0.05) is 0 Å². The first kappa shape index (κ1) is 16.2. The van der Waals surface area contributed by atoms with Crippen molar-refractivity contribution in [2.75, 3.05) is 25.4 Å². The number of nitrogens with zero attached hydrogens (tertiary/aromatic N) is 2. The molecule has 7 nitrogen and oxygen atoms in total. The summed E-state index contributed by atoms with van der Waals surface area (Å²) in [6.07, 6.45) is 0. The summed E-state index contributed by atoms with van der Waals surface area (Å²) in [5.41, 5.74) is 5.66. The minimum atomic E-state index is -0.576. The number of nitrogens with one attached hydrogen (secondary N) is 1. The quantitative estimate of drug-likeness (QED) is 0.482. The molecule has 1 amide bonds. The van der Waals surface area contributed by atoms with Gasteiger partial charge in [-0.05, 0) is 19.1 Å². The highest BCUT2D eigenvalue weighted by molar-refractivity contribution is 5.96. The molecule has 1 saturated heterocycles. The fraction of sp³-hybridized carbons (Fsp3) is 0.417. The van der Waals surface area contributed by atoms with Crippen LogP contribution in [0.2, 0.25) is 0 Å². The average Bonchev–Trinajstić information content (AvgIpc) is 2.38. The van der Waals surface area contributed by atoms with Crippen LogP contribution in [0.25, 0.3) is 0 Å². The first-order valence-electron chi connectivity index (χ1n) is 6.06. The number of carbonyl (C=O) groups excluding carboxylic acids is 1. The fourth-order valence-corrected chi connectivity index (χ4v) is 2.14. The van der Waals surface area contributed by atoms with Crippen molar-refractivity contribution in [1.82, 2.24) is 10.2 Å². The molecular formula is C12H17ClN4O3. The summed E-state index contributed by atoms with van der Waals surface area (Å²) < 4.78 is 0. The lowest BCUT2D eigenvalue weighted by Crippen LogP contribution is -2.52. The molecule has 2 rings (SSSR count). The molecule has 1 fully saturated rings. The maximum absolute atomic E-state index is 12.3. The van der Waals surface area contributed by atoms with Crippen molar-refractivity contribution in [1.29, 1.82) is 0 Å². The summed E-state index contributed by atoms with van der Waals surface area (Å²) in [6, 6.07) is 4.24. The molecule has 1 aliphatic rings. The number of rotatable bonds is 2. The smallest absolute Gasteiger partial charge is 0.292 e. The van der Waals surface area contributed by atoms with Crippen LogP contribution in [0.4, 0.5) is 11.4 Å². The van der Waals surface area contributed by atoms with Crippen LogP contribution in [0.15, 0.2) is 18.2 Å². The van der Waals surface area contributed by atoms with E-state index in [0.717, 1.165) is 13.1 Å². The Hall–Kier alpha value is -1.86. The summed E-state index contributed by atoms with van der Waals surface area (Å²) in [7, 11) is 0. The molecule has 110 valence electrons. The molecule has 0 aliphatic carbocycles. The van der Waals surface area contributed by atoms with Crippen LogP contribution in [0.1, 0.15) is 17.3 Å². The van der Waals surface area contributed by atoms with E-state index in [1.54, 1.807) is 4.90 Å². The van der Waals surface area contributed by atoms with Gasteiger partial charge in [0.25, 0.3) is 11.6 Å². The Balaban J connectivity index is 0.00000200. The van der Waals surface area contributed by atoms with Gasteiger partial charge in [0, 0.05) is 37.3 Å². The van der Waals surface area contributed by atoms with E-state index in [1.807, 2.05) is 6.92 Å². The van der Waals surface area contributed by atoms with E-state index >= 15 is 0 Å². The van der Waals surface area contributed by atoms with E-state index < -0.39 is 4.92 Å². The molecule has 0 bridgehead atoms. The van der Waals surface area contributed by atoms with E-state index in [2.05, 4.69) is 5.32 Å². The van der Waals surface area contributed by atoms with Crippen LogP contribution in [0.5, 0.6) is 0 Å². The minimum Gasteiger partial charge on any atom is -0.393 e. The second-order valence-electron chi connectivity index (χ2n) is 4.58. The van der Waals surface area contributed by atoms with Gasteiger partial charge in [-0.15, -0.1) is 12.4 Å². The molecule has 0 unspecified atom stereocenters. The Labute approximate surface area is 122 Å². The largest absolute Gasteiger partial charge is 0.393 e. The number of nitro groups is 1. The number of nitrogens with two attached hydrogens (primary N) is 1. The molecule has 0 spiro atoms. The number of benzene rings is 1. The van der Waals surface area contributed by atoms with E-state index in [1.165, 1.54) is 18.2 Å². The van der Waals surface area contributed by atoms with Gasteiger partial charge in [0.1, 0.15) is 5.69 Å². The minimum absolute atomic E-state index is 0. The van der Waals surface area contributed by atoms with Gasteiger partial charge >= 0.3 is 0 Å². The van der Waals surface area contributed by atoms with Gasteiger partial charge in [-0.25, -0.2) is 0 Å². The van der Waals surface area contributed by atoms with Gasteiger partial charge in [-0.3, -0.25) is 14.9 Å². The summed E-state index contributed by atoms with van der Waals surface area (Å²) in [5.74, 6) is -0.197.